The predicted octanol–water partition coefficient (Wildman–Crippen LogP) is 1.49. The van der Waals surface area contributed by atoms with Gasteiger partial charge in [0.15, 0.2) is 0 Å². The van der Waals surface area contributed by atoms with E-state index in [1.54, 1.807) is 0 Å². The van der Waals surface area contributed by atoms with Crippen molar-refractivity contribution in [2.75, 3.05) is 45.9 Å². The second-order valence-electron chi connectivity index (χ2n) is 7.39. The summed E-state index contributed by atoms with van der Waals surface area (Å²) in [4.78, 5) is 19.3. The number of benzene rings is 1. The van der Waals surface area contributed by atoms with Crippen LogP contribution in [-0.4, -0.2) is 77.6 Å². The number of amides is 1. The third-order valence-corrected chi connectivity index (χ3v) is 5.64. The van der Waals surface area contributed by atoms with E-state index in [2.05, 4.69) is 41.0 Å². The largest absolute Gasteiger partial charge is 0.395 e. The third-order valence-electron chi connectivity index (χ3n) is 5.64. The van der Waals surface area contributed by atoms with Gasteiger partial charge in [-0.25, -0.2) is 0 Å². The predicted molar refractivity (Wildman–Crippen MR) is 99.3 cm³/mol. The smallest absolute Gasteiger partial charge is 0.236 e. The molecule has 0 radical (unpaired) electrons. The molecule has 25 heavy (non-hydrogen) atoms. The number of aryl methyl sites for hydroxylation is 1. The Morgan fingerprint density at radius 1 is 1.12 bits per heavy atom. The molecule has 2 fully saturated rings. The summed E-state index contributed by atoms with van der Waals surface area (Å²) >= 11 is 0. The number of hydrogen-bond donors (Lipinski definition) is 1. The van der Waals surface area contributed by atoms with Gasteiger partial charge in [0.05, 0.1) is 13.2 Å². The summed E-state index contributed by atoms with van der Waals surface area (Å²) < 4.78 is 0. The Bertz CT molecular complexity index is 578. The highest BCUT2D eigenvalue weighted by Crippen LogP contribution is 2.17. The molecule has 1 N–H and O–H groups in total. The van der Waals surface area contributed by atoms with Gasteiger partial charge in [-0.15, -0.1) is 0 Å². The molecule has 2 aliphatic rings. The van der Waals surface area contributed by atoms with E-state index in [0.29, 0.717) is 6.54 Å². The average molecular weight is 345 g/mol. The molecule has 1 amide bonds. The molecule has 1 atom stereocenters. The van der Waals surface area contributed by atoms with E-state index in [9.17, 15) is 9.90 Å². The Hall–Kier alpha value is -1.43. The summed E-state index contributed by atoms with van der Waals surface area (Å²) in [6.07, 6.45) is 3.12. The number of nitrogens with zero attached hydrogens (tertiary/aromatic N) is 3. The zero-order valence-corrected chi connectivity index (χ0v) is 15.4. The second kappa shape index (κ2) is 8.79. The zero-order chi connectivity index (χ0) is 17.6. The molecular weight excluding hydrogens is 314 g/mol. The topological polar surface area (TPSA) is 47.0 Å². The number of aliphatic hydroxyl groups is 1. The quantitative estimate of drug-likeness (QED) is 0.878. The molecule has 0 aromatic heterocycles. The van der Waals surface area contributed by atoms with Gasteiger partial charge in [0, 0.05) is 38.8 Å². The highest BCUT2D eigenvalue weighted by Gasteiger charge is 2.28. The van der Waals surface area contributed by atoms with Gasteiger partial charge in [0.25, 0.3) is 0 Å². The molecule has 0 unspecified atom stereocenters. The Labute approximate surface area is 151 Å². The van der Waals surface area contributed by atoms with Crippen molar-refractivity contribution >= 4 is 5.91 Å². The van der Waals surface area contributed by atoms with E-state index in [4.69, 9.17) is 0 Å². The van der Waals surface area contributed by atoms with Crippen LogP contribution in [-0.2, 0) is 11.3 Å². The second-order valence-corrected chi connectivity index (χ2v) is 7.39. The number of likely N-dealkylation sites (tertiary alicyclic amines) is 1. The van der Waals surface area contributed by atoms with Crippen LogP contribution in [0, 0.1) is 6.92 Å². The number of carbonyl (C=O) groups is 1. The van der Waals surface area contributed by atoms with E-state index < -0.39 is 0 Å². The van der Waals surface area contributed by atoms with Crippen molar-refractivity contribution in [1.29, 1.82) is 0 Å². The molecule has 2 aliphatic heterocycles. The average Bonchev–Trinajstić information content (AvgIpc) is 2.92. The van der Waals surface area contributed by atoms with Crippen molar-refractivity contribution in [3.8, 4) is 0 Å². The fraction of sp³-hybridized carbons (Fsp3) is 0.650. The monoisotopic (exact) mass is 345 g/mol. The van der Waals surface area contributed by atoms with Crippen LogP contribution < -0.4 is 0 Å². The van der Waals surface area contributed by atoms with Crippen LogP contribution in [0.25, 0.3) is 0 Å². The SMILES string of the molecule is Cc1ccccc1CN1CCCN(C(=O)CN2CCC[C@@H]2CO)CC1. The highest BCUT2D eigenvalue weighted by atomic mass is 16.3. The first-order valence-corrected chi connectivity index (χ1v) is 9.57. The molecule has 3 rings (SSSR count). The molecule has 0 spiro atoms. The molecule has 1 aromatic carbocycles. The van der Waals surface area contributed by atoms with Crippen LogP contribution >= 0.6 is 0 Å². The van der Waals surface area contributed by atoms with Gasteiger partial charge in [-0.3, -0.25) is 14.6 Å². The summed E-state index contributed by atoms with van der Waals surface area (Å²) in [5.41, 5.74) is 2.72. The van der Waals surface area contributed by atoms with Crippen LogP contribution in [0.5, 0.6) is 0 Å². The first-order chi connectivity index (χ1) is 12.2. The van der Waals surface area contributed by atoms with Crippen molar-refractivity contribution in [3.63, 3.8) is 0 Å². The maximum Gasteiger partial charge on any atom is 0.236 e. The number of carbonyl (C=O) groups excluding carboxylic acids is 1. The van der Waals surface area contributed by atoms with Crippen LogP contribution in [0.4, 0.5) is 0 Å². The Balaban J connectivity index is 1.51. The van der Waals surface area contributed by atoms with E-state index in [0.717, 1.165) is 58.5 Å². The molecular formula is C20H31N3O2. The Morgan fingerprint density at radius 3 is 2.76 bits per heavy atom. The highest BCUT2D eigenvalue weighted by molar-refractivity contribution is 5.78. The van der Waals surface area contributed by atoms with E-state index >= 15 is 0 Å². The van der Waals surface area contributed by atoms with Crippen molar-refractivity contribution in [2.24, 2.45) is 0 Å². The third kappa shape index (κ3) is 4.81. The Morgan fingerprint density at radius 2 is 1.96 bits per heavy atom. The first-order valence-electron chi connectivity index (χ1n) is 9.57. The maximum atomic E-state index is 12.7. The van der Waals surface area contributed by atoms with Gasteiger partial charge < -0.3 is 10.0 Å². The molecule has 0 aliphatic carbocycles. The lowest BCUT2D eigenvalue weighted by Gasteiger charge is -2.27. The standard InChI is InChI=1S/C20H31N3O2/c1-17-6-2-3-7-18(17)14-21-9-5-11-22(13-12-21)20(25)15-23-10-4-8-19(23)16-24/h2-3,6-7,19,24H,4-5,8-16H2,1H3/t19-/m1/s1. The van der Waals surface area contributed by atoms with E-state index in [-0.39, 0.29) is 18.6 Å². The van der Waals surface area contributed by atoms with Crippen LogP contribution in [0.15, 0.2) is 24.3 Å². The molecule has 0 bridgehead atoms. The lowest BCUT2D eigenvalue weighted by Crippen LogP contribution is -2.44. The lowest BCUT2D eigenvalue weighted by molar-refractivity contribution is -0.132. The van der Waals surface area contributed by atoms with Gasteiger partial charge >= 0.3 is 0 Å². The number of aliphatic hydroxyl groups excluding tert-OH is 1. The van der Waals surface area contributed by atoms with Crippen LogP contribution in [0.1, 0.15) is 30.4 Å². The minimum Gasteiger partial charge on any atom is -0.395 e. The van der Waals surface area contributed by atoms with Crippen molar-refractivity contribution in [3.05, 3.63) is 35.4 Å². The van der Waals surface area contributed by atoms with Crippen LogP contribution in [0.2, 0.25) is 0 Å². The fourth-order valence-electron chi connectivity index (χ4n) is 3.99. The molecule has 5 heteroatoms. The molecule has 0 saturated carbocycles. The van der Waals surface area contributed by atoms with Gasteiger partial charge in [-0.05, 0) is 43.9 Å². The van der Waals surface area contributed by atoms with Crippen molar-refractivity contribution in [2.45, 2.75) is 38.8 Å². The van der Waals surface area contributed by atoms with Gasteiger partial charge in [0.1, 0.15) is 0 Å². The summed E-state index contributed by atoms with van der Waals surface area (Å²) in [6, 6.07) is 8.72. The van der Waals surface area contributed by atoms with Gasteiger partial charge in [-0.1, -0.05) is 24.3 Å². The lowest BCUT2D eigenvalue weighted by atomic mass is 10.1. The van der Waals surface area contributed by atoms with Crippen molar-refractivity contribution < 1.29 is 9.90 Å². The van der Waals surface area contributed by atoms with Crippen LogP contribution in [0.3, 0.4) is 0 Å². The zero-order valence-electron chi connectivity index (χ0n) is 15.4. The minimum atomic E-state index is 0.164. The summed E-state index contributed by atoms with van der Waals surface area (Å²) in [5.74, 6) is 0.220. The van der Waals surface area contributed by atoms with Gasteiger partial charge in [0.2, 0.25) is 5.91 Å². The molecule has 2 saturated heterocycles. The molecule has 2 heterocycles. The summed E-state index contributed by atoms with van der Waals surface area (Å²) in [6.45, 7) is 8.32. The molecule has 138 valence electrons. The normalized spacial score (nSPS) is 23.0. The van der Waals surface area contributed by atoms with E-state index in [1.807, 2.05) is 4.90 Å². The molecule has 1 aromatic rings. The minimum absolute atomic E-state index is 0.164. The fourth-order valence-corrected chi connectivity index (χ4v) is 3.99. The maximum absolute atomic E-state index is 12.7. The Kier molecular flexibility index (Phi) is 6.45. The number of rotatable bonds is 5. The molecule has 5 nitrogen and oxygen atoms in total. The van der Waals surface area contributed by atoms with E-state index in [1.165, 1.54) is 11.1 Å². The van der Waals surface area contributed by atoms with Crippen molar-refractivity contribution in [1.82, 2.24) is 14.7 Å². The number of hydrogen-bond acceptors (Lipinski definition) is 4. The first kappa shape index (κ1) is 18.4. The van der Waals surface area contributed by atoms with Gasteiger partial charge in [-0.2, -0.15) is 0 Å². The summed E-state index contributed by atoms with van der Waals surface area (Å²) in [5, 5.41) is 9.43. The summed E-state index contributed by atoms with van der Waals surface area (Å²) in [7, 11) is 0.